The second-order valence-corrected chi connectivity index (χ2v) is 9.43. The Labute approximate surface area is 171 Å². The number of ether oxygens (including phenoxy) is 3. The molecule has 0 unspecified atom stereocenters. The van der Waals surface area contributed by atoms with Gasteiger partial charge in [0.2, 0.25) is 11.8 Å². The second-order valence-electron chi connectivity index (χ2n) is 7.46. The molecular formula is C18H16Br2FNO5. The third-order valence-electron chi connectivity index (χ3n) is 6.12. The number of hydrogen-bond donors (Lipinski definition) is 0. The van der Waals surface area contributed by atoms with Crippen molar-refractivity contribution in [3.63, 3.8) is 0 Å². The molecule has 4 aliphatic rings. The summed E-state index contributed by atoms with van der Waals surface area (Å²) < 4.78 is 31.2. The Morgan fingerprint density at radius 2 is 1.63 bits per heavy atom. The molecule has 5 rings (SSSR count). The third kappa shape index (κ3) is 2.09. The first-order valence-electron chi connectivity index (χ1n) is 8.67. The summed E-state index contributed by atoms with van der Waals surface area (Å²) in [5.74, 6) is -2.58. The zero-order valence-corrected chi connectivity index (χ0v) is 17.4. The van der Waals surface area contributed by atoms with Gasteiger partial charge in [-0.2, -0.15) is 0 Å². The van der Waals surface area contributed by atoms with Crippen LogP contribution in [0.5, 0.6) is 0 Å². The fourth-order valence-corrected chi connectivity index (χ4v) is 6.88. The predicted molar refractivity (Wildman–Crippen MR) is 99.2 cm³/mol. The van der Waals surface area contributed by atoms with Gasteiger partial charge in [-0.1, -0.05) is 31.9 Å². The molecule has 4 saturated heterocycles. The smallest absolute Gasteiger partial charge is 0.240 e. The number of amides is 2. The molecule has 6 nitrogen and oxygen atoms in total. The minimum absolute atomic E-state index is 0.219. The molecule has 0 aliphatic carbocycles. The highest BCUT2D eigenvalue weighted by Gasteiger charge is 2.82. The molecule has 27 heavy (non-hydrogen) atoms. The number of benzene rings is 1. The van der Waals surface area contributed by atoms with Crippen LogP contribution in [0.2, 0.25) is 0 Å². The Balaban J connectivity index is 1.63. The van der Waals surface area contributed by atoms with E-state index in [1.807, 2.05) is 6.92 Å². The monoisotopic (exact) mass is 503 g/mol. The van der Waals surface area contributed by atoms with E-state index in [1.54, 1.807) is 0 Å². The number of alkyl halides is 2. The van der Waals surface area contributed by atoms with Crippen molar-refractivity contribution in [2.75, 3.05) is 18.1 Å². The van der Waals surface area contributed by atoms with Crippen LogP contribution in [-0.2, 0) is 23.8 Å². The molecule has 9 heteroatoms. The Kier molecular flexibility index (Phi) is 3.92. The number of carbonyl (C=O) groups is 2. The fraction of sp³-hybridized carbons (Fsp3) is 0.556. The summed E-state index contributed by atoms with van der Waals surface area (Å²) in [4.78, 5) is 27.4. The first kappa shape index (κ1) is 18.2. The lowest BCUT2D eigenvalue weighted by Gasteiger charge is -2.39. The van der Waals surface area contributed by atoms with Crippen molar-refractivity contribution in [2.24, 2.45) is 11.8 Å². The van der Waals surface area contributed by atoms with Crippen molar-refractivity contribution in [2.45, 2.75) is 34.1 Å². The normalized spacial score (nSPS) is 43.8. The van der Waals surface area contributed by atoms with Gasteiger partial charge in [0.05, 0.1) is 46.0 Å². The lowest BCUT2D eigenvalue weighted by Crippen LogP contribution is -2.59. The Hall–Kier alpha value is -0.870. The van der Waals surface area contributed by atoms with Crippen molar-refractivity contribution in [1.29, 1.82) is 0 Å². The quantitative estimate of drug-likeness (QED) is 0.457. The first-order chi connectivity index (χ1) is 12.8. The van der Waals surface area contributed by atoms with Crippen molar-refractivity contribution < 1.29 is 28.2 Å². The first-order valence-corrected chi connectivity index (χ1v) is 10.5. The van der Waals surface area contributed by atoms with Crippen LogP contribution in [0.25, 0.3) is 0 Å². The molecule has 2 amide bonds. The van der Waals surface area contributed by atoms with Crippen molar-refractivity contribution in [3.05, 3.63) is 30.1 Å². The summed E-state index contributed by atoms with van der Waals surface area (Å²) in [6.45, 7) is 2.64. The number of hydrogen-bond acceptors (Lipinski definition) is 5. The fourth-order valence-electron chi connectivity index (χ4n) is 4.97. The predicted octanol–water partition coefficient (Wildman–Crippen LogP) is 2.37. The van der Waals surface area contributed by atoms with Crippen LogP contribution in [0.1, 0.15) is 6.92 Å². The van der Waals surface area contributed by atoms with E-state index in [0.29, 0.717) is 18.9 Å². The van der Waals surface area contributed by atoms with Crippen LogP contribution in [0.3, 0.4) is 0 Å². The molecule has 4 fully saturated rings. The van der Waals surface area contributed by atoms with Crippen LogP contribution in [0.15, 0.2) is 24.3 Å². The maximum absolute atomic E-state index is 13.4. The Morgan fingerprint density at radius 3 is 2.26 bits per heavy atom. The van der Waals surface area contributed by atoms with Crippen LogP contribution < -0.4 is 4.90 Å². The molecule has 0 spiro atoms. The highest BCUT2D eigenvalue weighted by molar-refractivity contribution is 9.12. The molecule has 1 aromatic carbocycles. The molecule has 0 N–H and O–H groups in total. The molecule has 4 heterocycles. The number of fused-ring (bicyclic) bond motifs is 5. The molecule has 4 aliphatic heterocycles. The molecule has 6 atom stereocenters. The Morgan fingerprint density at radius 1 is 1.04 bits per heavy atom. The zero-order valence-electron chi connectivity index (χ0n) is 14.2. The molecule has 1 aromatic rings. The number of nitrogens with zero attached hydrogens (tertiary/aromatic N) is 1. The van der Waals surface area contributed by atoms with Gasteiger partial charge in [-0.25, -0.2) is 9.29 Å². The van der Waals surface area contributed by atoms with E-state index < -0.39 is 35.1 Å². The number of carbonyl (C=O) groups excluding carboxylic acids is 2. The van der Waals surface area contributed by atoms with Gasteiger partial charge < -0.3 is 14.2 Å². The van der Waals surface area contributed by atoms with Crippen molar-refractivity contribution in [1.82, 2.24) is 0 Å². The van der Waals surface area contributed by atoms with Crippen molar-refractivity contribution in [3.8, 4) is 0 Å². The summed E-state index contributed by atoms with van der Waals surface area (Å²) in [6.07, 6.45) is -0.747. The van der Waals surface area contributed by atoms with Gasteiger partial charge in [-0.3, -0.25) is 9.59 Å². The number of anilines is 1. The van der Waals surface area contributed by atoms with Crippen LogP contribution in [-0.4, -0.2) is 52.2 Å². The third-order valence-corrected chi connectivity index (χ3v) is 9.51. The van der Waals surface area contributed by atoms with Crippen molar-refractivity contribution >= 4 is 49.4 Å². The van der Waals surface area contributed by atoms with E-state index in [4.69, 9.17) is 14.2 Å². The van der Waals surface area contributed by atoms with Crippen LogP contribution >= 0.6 is 31.9 Å². The SMILES string of the molecule is C[C@@]12O[C@@](C3OCCO3)([C@H](Br)[C@@H]1Br)[C@@H]1C(=O)N(c3ccc(F)cc3)C(=O)[C@H]12. The van der Waals surface area contributed by atoms with Gasteiger partial charge in [0.25, 0.3) is 0 Å². The summed E-state index contributed by atoms with van der Waals surface area (Å²) in [5, 5.41) is 0. The second kappa shape index (κ2) is 5.82. The largest absolute Gasteiger partial charge is 0.359 e. The maximum Gasteiger partial charge on any atom is 0.240 e. The van der Waals surface area contributed by atoms with Crippen LogP contribution in [0.4, 0.5) is 10.1 Å². The van der Waals surface area contributed by atoms with E-state index in [2.05, 4.69) is 31.9 Å². The summed E-state index contributed by atoms with van der Waals surface area (Å²) in [5.41, 5.74) is -1.68. The average molecular weight is 505 g/mol. The van der Waals surface area contributed by atoms with E-state index in [-0.39, 0.29) is 21.5 Å². The highest BCUT2D eigenvalue weighted by Crippen LogP contribution is 2.66. The molecule has 0 aromatic heterocycles. The number of imide groups is 1. The van der Waals surface area contributed by atoms with Gasteiger partial charge in [0, 0.05) is 0 Å². The molecule has 144 valence electrons. The van der Waals surface area contributed by atoms with E-state index >= 15 is 0 Å². The van der Waals surface area contributed by atoms with Gasteiger partial charge in [-0.05, 0) is 31.2 Å². The van der Waals surface area contributed by atoms with E-state index in [9.17, 15) is 14.0 Å². The minimum atomic E-state index is -1.12. The maximum atomic E-state index is 13.4. The molecular weight excluding hydrogens is 489 g/mol. The molecule has 2 bridgehead atoms. The van der Waals surface area contributed by atoms with E-state index in [1.165, 1.54) is 24.3 Å². The lowest BCUT2D eigenvalue weighted by atomic mass is 9.67. The average Bonchev–Trinajstić information content (AvgIpc) is 3.36. The summed E-state index contributed by atoms with van der Waals surface area (Å²) in [6, 6.07) is 5.33. The topological polar surface area (TPSA) is 65.1 Å². The van der Waals surface area contributed by atoms with Gasteiger partial charge in [0.15, 0.2) is 6.29 Å². The highest BCUT2D eigenvalue weighted by atomic mass is 79.9. The van der Waals surface area contributed by atoms with Crippen LogP contribution in [0, 0.1) is 17.7 Å². The summed E-state index contributed by atoms with van der Waals surface area (Å²) >= 11 is 7.32. The van der Waals surface area contributed by atoms with Gasteiger partial charge in [0.1, 0.15) is 11.4 Å². The minimum Gasteiger partial charge on any atom is -0.359 e. The van der Waals surface area contributed by atoms with E-state index in [0.717, 1.165) is 4.90 Å². The zero-order chi connectivity index (χ0) is 19.1. The molecule has 0 radical (unpaired) electrons. The molecule has 0 saturated carbocycles. The van der Waals surface area contributed by atoms with Gasteiger partial charge in [-0.15, -0.1) is 0 Å². The standard InChI is InChI=1S/C18H16Br2FNO5/c1-17-10-11(15(24)22(14(10)23)9-4-2-8(21)3-5-9)18(27-17,13(20)12(17)19)16-25-6-7-26-16/h2-5,10-13,16H,6-7H2,1H3/t10-,11-,12-,13+,17-,18+/m0/s1. The Bertz CT molecular complexity index is 828. The van der Waals surface area contributed by atoms with Gasteiger partial charge >= 0.3 is 0 Å². The number of rotatable bonds is 2. The number of halogens is 3. The summed E-state index contributed by atoms with van der Waals surface area (Å²) in [7, 11) is 0. The lowest BCUT2D eigenvalue weighted by molar-refractivity contribution is -0.200.